The third-order valence-electron chi connectivity index (χ3n) is 12.6. The minimum atomic E-state index is -0.820. The summed E-state index contributed by atoms with van der Waals surface area (Å²) < 4.78 is 16.8. The molecule has 0 saturated heterocycles. The number of carbonyl (C=O) groups excluding carboxylic acids is 3. The second kappa shape index (κ2) is 62.1. The van der Waals surface area contributed by atoms with Crippen molar-refractivity contribution in [3.8, 4) is 0 Å². The first-order valence-electron chi connectivity index (χ1n) is 30.7. The van der Waals surface area contributed by atoms with E-state index in [1.165, 1.54) is 103 Å². The SMILES string of the molecule is CC/C=C\C/C=C\C/C=C\C/C=C\C/C=C\C/C=C\CCCCC(=O)OCC(COC(=O)CCCC/C=C\C/C=C\C/C=C\C/C=C\CC)OC(=O)CCCCCCCCCCC/C=C\CCCCCCCCCC. The first-order chi connectivity index (χ1) is 37.0. The van der Waals surface area contributed by atoms with E-state index < -0.39 is 6.10 Å². The minimum Gasteiger partial charge on any atom is -0.462 e. The Morgan fingerprint density at radius 2 is 0.520 bits per heavy atom. The average molecular weight is 1040 g/mol. The van der Waals surface area contributed by atoms with Gasteiger partial charge in [-0.3, -0.25) is 14.4 Å². The molecule has 0 amide bonds. The van der Waals surface area contributed by atoms with E-state index in [1.807, 2.05) is 0 Å². The Labute approximate surface area is 462 Å². The number of carbonyl (C=O) groups is 3. The standard InChI is InChI=1S/C69H112O6/c1-4-7-10-13-16-19-22-25-28-30-32-34-36-38-41-44-47-50-53-56-59-62-68(71)74-65-66(64-73-67(70)61-58-55-52-49-46-43-40-27-24-21-18-15-12-9-6-3)75-69(72)63-60-57-54-51-48-45-42-39-37-35-33-31-29-26-23-20-17-14-11-8-5-2/h7,9-10,12,16,18-19,21,25,27-28,31-34,38,40-41,46-47,49-50,66H,4-6,8,11,13-15,17,20,22-24,26,29-30,35-37,39,42-45,48,51-65H2,1-3H3/b10-7-,12-9-,19-16-,21-18-,28-25-,33-31-,34-32-,40-27-,41-38-,49-46-,50-47-. The van der Waals surface area contributed by atoms with Gasteiger partial charge in [-0.15, -0.1) is 0 Å². The molecule has 6 heteroatoms. The van der Waals surface area contributed by atoms with Crippen molar-refractivity contribution in [2.45, 2.75) is 271 Å². The summed E-state index contributed by atoms with van der Waals surface area (Å²) in [6.07, 6.45) is 87.4. The van der Waals surface area contributed by atoms with Gasteiger partial charge in [0, 0.05) is 19.3 Å². The quantitative estimate of drug-likeness (QED) is 0.0261. The van der Waals surface area contributed by atoms with Gasteiger partial charge in [0.1, 0.15) is 13.2 Å². The van der Waals surface area contributed by atoms with Gasteiger partial charge in [0.2, 0.25) is 0 Å². The summed E-state index contributed by atoms with van der Waals surface area (Å²) >= 11 is 0. The molecule has 0 aliphatic rings. The third-order valence-corrected chi connectivity index (χ3v) is 12.6. The summed E-state index contributed by atoms with van der Waals surface area (Å²) in [5.41, 5.74) is 0. The van der Waals surface area contributed by atoms with E-state index in [4.69, 9.17) is 14.2 Å². The van der Waals surface area contributed by atoms with E-state index in [0.29, 0.717) is 32.1 Å². The molecule has 0 aliphatic heterocycles. The van der Waals surface area contributed by atoms with E-state index in [0.717, 1.165) is 109 Å². The summed E-state index contributed by atoms with van der Waals surface area (Å²) in [4.78, 5) is 38.3. The topological polar surface area (TPSA) is 78.9 Å². The lowest BCUT2D eigenvalue weighted by Crippen LogP contribution is -2.30. The van der Waals surface area contributed by atoms with Gasteiger partial charge in [-0.1, -0.05) is 244 Å². The third kappa shape index (κ3) is 60.3. The van der Waals surface area contributed by atoms with E-state index in [9.17, 15) is 14.4 Å². The van der Waals surface area contributed by atoms with Gasteiger partial charge in [0.05, 0.1) is 0 Å². The van der Waals surface area contributed by atoms with Crippen LogP contribution in [0.1, 0.15) is 265 Å². The van der Waals surface area contributed by atoms with Crippen LogP contribution >= 0.6 is 0 Å². The molecule has 0 radical (unpaired) electrons. The normalized spacial score (nSPS) is 13.1. The molecule has 0 aliphatic carbocycles. The Morgan fingerprint density at radius 3 is 0.853 bits per heavy atom. The molecule has 0 saturated carbocycles. The lowest BCUT2D eigenvalue weighted by atomic mass is 10.1. The highest BCUT2D eigenvalue weighted by atomic mass is 16.6. The Balaban J connectivity index is 4.51. The predicted molar refractivity (Wildman–Crippen MR) is 325 cm³/mol. The molecule has 0 spiro atoms. The lowest BCUT2D eigenvalue weighted by molar-refractivity contribution is -0.167. The molecule has 0 aromatic carbocycles. The molecule has 0 bridgehead atoms. The molecule has 0 rings (SSSR count). The van der Waals surface area contributed by atoms with Gasteiger partial charge in [-0.2, -0.15) is 0 Å². The zero-order chi connectivity index (χ0) is 54.3. The van der Waals surface area contributed by atoms with Crippen LogP contribution < -0.4 is 0 Å². The average Bonchev–Trinajstić information content (AvgIpc) is 3.41. The van der Waals surface area contributed by atoms with E-state index >= 15 is 0 Å². The fourth-order valence-electron chi connectivity index (χ4n) is 8.08. The Morgan fingerprint density at radius 1 is 0.280 bits per heavy atom. The zero-order valence-corrected chi connectivity index (χ0v) is 48.5. The number of hydrogen-bond acceptors (Lipinski definition) is 6. The molecule has 1 unspecified atom stereocenters. The van der Waals surface area contributed by atoms with Crippen LogP contribution in [0.3, 0.4) is 0 Å². The van der Waals surface area contributed by atoms with Gasteiger partial charge in [0.15, 0.2) is 6.10 Å². The summed E-state index contributed by atoms with van der Waals surface area (Å²) in [5.74, 6) is -1.00. The number of esters is 3. The van der Waals surface area contributed by atoms with Crippen molar-refractivity contribution in [2.75, 3.05) is 13.2 Å². The second-order valence-electron chi connectivity index (χ2n) is 19.8. The second-order valence-corrected chi connectivity index (χ2v) is 19.8. The van der Waals surface area contributed by atoms with Crippen LogP contribution in [0.2, 0.25) is 0 Å². The van der Waals surface area contributed by atoms with Gasteiger partial charge in [-0.05, 0) is 135 Å². The molecule has 0 fully saturated rings. The summed E-state index contributed by atoms with van der Waals surface area (Å²) in [6, 6.07) is 0. The van der Waals surface area contributed by atoms with Crippen molar-refractivity contribution in [3.05, 3.63) is 134 Å². The molecule has 1 atom stereocenters. The number of allylic oxidation sites excluding steroid dienone is 22. The highest BCUT2D eigenvalue weighted by Gasteiger charge is 2.19. The molecule has 0 aromatic heterocycles. The van der Waals surface area contributed by atoms with Gasteiger partial charge < -0.3 is 14.2 Å². The van der Waals surface area contributed by atoms with Crippen molar-refractivity contribution in [2.24, 2.45) is 0 Å². The van der Waals surface area contributed by atoms with Crippen molar-refractivity contribution in [3.63, 3.8) is 0 Å². The van der Waals surface area contributed by atoms with Crippen LogP contribution in [0.15, 0.2) is 134 Å². The number of unbranched alkanes of at least 4 members (excludes halogenated alkanes) is 21. The highest BCUT2D eigenvalue weighted by molar-refractivity contribution is 5.71. The number of rotatable bonds is 54. The van der Waals surface area contributed by atoms with Crippen LogP contribution in [0.25, 0.3) is 0 Å². The number of ether oxygens (including phenoxy) is 3. The minimum absolute atomic E-state index is 0.118. The molecule has 0 aromatic rings. The maximum atomic E-state index is 12.9. The van der Waals surface area contributed by atoms with Crippen LogP contribution in [-0.4, -0.2) is 37.2 Å². The van der Waals surface area contributed by atoms with E-state index in [1.54, 1.807) is 0 Å². The van der Waals surface area contributed by atoms with Crippen molar-refractivity contribution in [1.29, 1.82) is 0 Å². The Kier molecular flexibility index (Phi) is 58.4. The highest BCUT2D eigenvalue weighted by Crippen LogP contribution is 2.15. The Hall–Kier alpha value is -4.45. The summed E-state index contributed by atoms with van der Waals surface area (Å²) in [5, 5.41) is 0. The maximum Gasteiger partial charge on any atom is 0.306 e. The molecular formula is C69H112O6. The summed E-state index contributed by atoms with van der Waals surface area (Å²) in [7, 11) is 0. The van der Waals surface area contributed by atoms with Crippen molar-refractivity contribution >= 4 is 17.9 Å². The first-order valence-corrected chi connectivity index (χ1v) is 30.7. The fourth-order valence-corrected chi connectivity index (χ4v) is 8.08. The smallest absolute Gasteiger partial charge is 0.306 e. The number of hydrogen-bond donors (Lipinski definition) is 0. The van der Waals surface area contributed by atoms with E-state index in [-0.39, 0.29) is 31.1 Å². The zero-order valence-electron chi connectivity index (χ0n) is 48.5. The van der Waals surface area contributed by atoms with Crippen LogP contribution in [-0.2, 0) is 28.6 Å². The van der Waals surface area contributed by atoms with Gasteiger partial charge in [-0.25, -0.2) is 0 Å². The van der Waals surface area contributed by atoms with Crippen molar-refractivity contribution in [1.82, 2.24) is 0 Å². The first kappa shape index (κ1) is 70.5. The van der Waals surface area contributed by atoms with Crippen LogP contribution in [0.4, 0.5) is 0 Å². The molecule has 75 heavy (non-hydrogen) atoms. The molecule has 0 heterocycles. The maximum absolute atomic E-state index is 12.9. The van der Waals surface area contributed by atoms with Gasteiger partial charge >= 0.3 is 17.9 Å². The van der Waals surface area contributed by atoms with Crippen molar-refractivity contribution < 1.29 is 28.6 Å². The molecular weight excluding hydrogens is 925 g/mol. The van der Waals surface area contributed by atoms with Crippen LogP contribution in [0, 0.1) is 0 Å². The Bertz CT molecular complexity index is 1620. The molecule has 424 valence electrons. The molecule has 0 N–H and O–H groups in total. The van der Waals surface area contributed by atoms with Crippen LogP contribution in [0.5, 0.6) is 0 Å². The monoisotopic (exact) mass is 1040 g/mol. The van der Waals surface area contributed by atoms with Gasteiger partial charge in [0.25, 0.3) is 0 Å². The largest absolute Gasteiger partial charge is 0.462 e. The lowest BCUT2D eigenvalue weighted by Gasteiger charge is -2.18. The predicted octanol–water partition coefficient (Wildman–Crippen LogP) is 21.0. The van der Waals surface area contributed by atoms with E-state index in [2.05, 4.69) is 154 Å². The fraction of sp³-hybridized carbons (Fsp3) is 0.638. The molecule has 6 nitrogen and oxygen atoms in total. The summed E-state index contributed by atoms with van der Waals surface area (Å²) in [6.45, 7) is 6.34.